The number of rotatable bonds is 10. The van der Waals surface area contributed by atoms with Crippen LogP contribution in [0.3, 0.4) is 0 Å². The predicted octanol–water partition coefficient (Wildman–Crippen LogP) is 5.38. The molecule has 0 aliphatic carbocycles. The van der Waals surface area contributed by atoms with Crippen molar-refractivity contribution in [3.63, 3.8) is 0 Å². The highest BCUT2D eigenvalue weighted by Crippen LogP contribution is 2.35. The summed E-state index contributed by atoms with van der Waals surface area (Å²) in [5.74, 6) is -0.771. The number of anilines is 1. The van der Waals surface area contributed by atoms with Crippen LogP contribution in [0.15, 0.2) is 41.3 Å². The van der Waals surface area contributed by atoms with Crippen LogP contribution in [0.1, 0.15) is 43.1 Å². The number of carbonyl (C=O) groups is 4. The molecule has 1 saturated heterocycles. The van der Waals surface area contributed by atoms with Crippen molar-refractivity contribution in [3.05, 3.63) is 57.5 Å². The number of benzene rings is 2. The number of hydrogen-bond acceptors (Lipinski definition) is 8. The Hall–Kier alpha value is -3.50. The van der Waals surface area contributed by atoms with Crippen molar-refractivity contribution in [1.82, 2.24) is 4.90 Å². The molecule has 9 nitrogen and oxygen atoms in total. The summed E-state index contributed by atoms with van der Waals surface area (Å²) < 4.78 is 16.2. The highest BCUT2D eigenvalue weighted by atomic mass is 35.5. The van der Waals surface area contributed by atoms with E-state index in [1.165, 1.54) is 25.3 Å². The maximum Gasteiger partial charge on any atom is 0.339 e. The second-order valence-electron chi connectivity index (χ2n) is 8.22. The fraction of sp³-hybridized carbons (Fsp3) is 0.308. The molecule has 2 aromatic rings. The molecule has 0 radical (unpaired) electrons. The second kappa shape index (κ2) is 12.6. The smallest absolute Gasteiger partial charge is 0.339 e. The molecule has 1 aliphatic rings. The number of carbonyl (C=O) groups excluding carboxylic acids is 4. The van der Waals surface area contributed by atoms with Crippen LogP contribution in [0.5, 0.6) is 11.5 Å². The quantitative estimate of drug-likeness (QED) is 0.312. The number of amides is 3. The first-order valence-electron chi connectivity index (χ1n) is 11.5. The zero-order valence-corrected chi connectivity index (χ0v) is 22.4. The van der Waals surface area contributed by atoms with Crippen molar-refractivity contribution in [1.29, 1.82) is 0 Å². The third-order valence-corrected chi connectivity index (χ3v) is 6.17. The Kier molecular flexibility index (Phi) is 9.60. The van der Waals surface area contributed by atoms with Crippen LogP contribution in [0, 0.1) is 0 Å². The van der Waals surface area contributed by atoms with Crippen LogP contribution in [-0.2, 0) is 14.3 Å². The minimum Gasteiger partial charge on any atom is -0.493 e. The fourth-order valence-corrected chi connectivity index (χ4v) is 4.32. The summed E-state index contributed by atoms with van der Waals surface area (Å²) in [6.45, 7) is 5.40. The number of methoxy groups -OCH3 is 1. The van der Waals surface area contributed by atoms with Gasteiger partial charge in [0, 0.05) is 5.69 Å². The second-order valence-corrected chi connectivity index (χ2v) is 9.62. The summed E-state index contributed by atoms with van der Waals surface area (Å²) in [6.07, 6.45) is 2.16. The van der Waals surface area contributed by atoms with E-state index in [4.69, 9.17) is 25.8 Å². The van der Waals surface area contributed by atoms with Gasteiger partial charge in [0.25, 0.3) is 11.1 Å². The summed E-state index contributed by atoms with van der Waals surface area (Å²) >= 11 is 6.82. The van der Waals surface area contributed by atoms with E-state index < -0.39 is 29.6 Å². The van der Waals surface area contributed by atoms with Gasteiger partial charge in [-0.1, -0.05) is 24.6 Å². The van der Waals surface area contributed by atoms with E-state index in [0.717, 1.165) is 16.7 Å². The maximum absolute atomic E-state index is 12.9. The summed E-state index contributed by atoms with van der Waals surface area (Å²) in [5.41, 5.74) is 1.00. The molecule has 11 heteroatoms. The van der Waals surface area contributed by atoms with Gasteiger partial charge in [-0.3, -0.25) is 19.3 Å². The van der Waals surface area contributed by atoms with Gasteiger partial charge in [-0.05, 0) is 74.0 Å². The third kappa shape index (κ3) is 7.27. The molecular weight excluding hydrogens is 520 g/mol. The summed E-state index contributed by atoms with van der Waals surface area (Å²) in [5, 5.41) is 2.18. The van der Waals surface area contributed by atoms with E-state index in [1.54, 1.807) is 24.3 Å². The number of halogens is 1. The predicted molar refractivity (Wildman–Crippen MR) is 142 cm³/mol. The molecule has 1 aliphatic heterocycles. The number of hydrogen-bond donors (Lipinski definition) is 1. The lowest BCUT2D eigenvalue weighted by Crippen LogP contribution is -2.36. The Balaban J connectivity index is 1.69. The molecular formula is C26H27ClN2O7S. The topological polar surface area (TPSA) is 111 Å². The summed E-state index contributed by atoms with van der Waals surface area (Å²) in [4.78, 5) is 51.2. The van der Waals surface area contributed by atoms with Gasteiger partial charge in [0.05, 0.1) is 35.3 Å². The van der Waals surface area contributed by atoms with E-state index in [-0.39, 0.29) is 33.9 Å². The largest absolute Gasteiger partial charge is 0.493 e. The Bertz CT molecular complexity index is 1250. The fourth-order valence-electron chi connectivity index (χ4n) is 3.29. The first-order valence-corrected chi connectivity index (χ1v) is 12.7. The summed E-state index contributed by atoms with van der Waals surface area (Å²) in [6, 6.07) is 9.50. The zero-order chi connectivity index (χ0) is 27.1. The number of esters is 1. The first-order chi connectivity index (χ1) is 17.6. The van der Waals surface area contributed by atoms with Crippen LogP contribution < -0.4 is 14.8 Å². The standard InChI is InChI=1S/C26H27ClN2O7S/c1-5-10-35-25(32)18-13-17(7-8-19(18)27)28-23(30)14-29-24(31)22(37-26(29)33)12-16-6-9-20(36-15(2)3)21(11-16)34-4/h6-9,11-13,15H,5,10,14H2,1-4H3,(H,28,30)/b22-12-. The highest BCUT2D eigenvalue weighted by Gasteiger charge is 2.36. The molecule has 0 unspecified atom stereocenters. The van der Waals surface area contributed by atoms with Gasteiger partial charge in [-0.15, -0.1) is 0 Å². The number of nitrogens with zero attached hydrogens (tertiary/aromatic N) is 1. The first kappa shape index (κ1) is 28.1. The van der Waals surface area contributed by atoms with Crippen LogP contribution in [0.25, 0.3) is 6.08 Å². The van der Waals surface area contributed by atoms with Crippen molar-refractivity contribution >= 4 is 58.1 Å². The number of imide groups is 1. The van der Waals surface area contributed by atoms with Gasteiger partial charge in [0.2, 0.25) is 5.91 Å². The van der Waals surface area contributed by atoms with Gasteiger partial charge in [-0.25, -0.2) is 4.79 Å². The number of nitrogens with one attached hydrogen (secondary N) is 1. The minimum atomic E-state index is -0.615. The zero-order valence-electron chi connectivity index (χ0n) is 20.8. The van der Waals surface area contributed by atoms with E-state index in [0.29, 0.717) is 23.5 Å². The molecule has 2 aromatic carbocycles. The van der Waals surface area contributed by atoms with E-state index >= 15 is 0 Å². The Morgan fingerprint density at radius 2 is 1.89 bits per heavy atom. The van der Waals surface area contributed by atoms with Gasteiger partial charge < -0.3 is 19.5 Å². The van der Waals surface area contributed by atoms with Crippen LogP contribution in [-0.4, -0.2) is 54.3 Å². The minimum absolute atomic E-state index is 0.0447. The third-order valence-electron chi connectivity index (χ3n) is 4.93. The van der Waals surface area contributed by atoms with Gasteiger partial charge in [-0.2, -0.15) is 0 Å². The molecule has 1 N–H and O–H groups in total. The Labute approximate surface area is 224 Å². The maximum atomic E-state index is 12.9. The molecule has 0 aromatic heterocycles. The van der Waals surface area contributed by atoms with Gasteiger partial charge in [0.15, 0.2) is 11.5 Å². The lowest BCUT2D eigenvalue weighted by molar-refractivity contribution is -0.127. The average molecular weight is 547 g/mol. The van der Waals surface area contributed by atoms with Gasteiger partial charge >= 0.3 is 5.97 Å². The Morgan fingerprint density at radius 1 is 1.14 bits per heavy atom. The van der Waals surface area contributed by atoms with Crippen LogP contribution in [0.4, 0.5) is 10.5 Å². The SMILES string of the molecule is CCCOC(=O)c1cc(NC(=O)CN2C(=O)S/C(=C\c3ccc(OC(C)C)c(OC)c3)C2=O)ccc1Cl. The van der Waals surface area contributed by atoms with Crippen molar-refractivity contribution in [2.24, 2.45) is 0 Å². The normalized spacial score (nSPS) is 14.3. The molecule has 3 rings (SSSR count). The molecule has 1 fully saturated rings. The highest BCUT2D eigenvalue weighted by molar-refractivity contribution is 8.18. The molecule has 0 bridgehead atoms. The van der Waals surface area contributed by atoms with Crippen molar-refractivity contribution in [2.75, 3.05) is 25.6 Å². The van der Waals surface area contributed by atoms with E-state index in [9.17, 15) is 19.2 Å². The summed E-state index contributed by atoms with van der Waals surface area (Å²) in [7, 11) is 1.51. The number of ether oxygens (including phenoxy) is 3. The molecule has 0 atom stereocenters. The van der Waals surface area contributed by atoms with Crippen LogP contribution in [0.2, 0.25) is 5.02 Å². The van der Waals surface area contributed by atoms with E-state index in [1.807, 2.05) is 20.8 Å². The molecule has 3 amide bonds. The number of thioether (sulfide) groups is 1. The lowest BCUT2D eigenvalue weighted by Gasteiger charge is -2.14. The monoisotopic (exact) mass is 546 g/mol. The van der Waals surface area contributed by atoms with Crippen molar-refractivity contribution in [3.8, 4) is 11.5 Å². The van der Waals surface area contributed by atoms with Gasteiger partial charge in [0.1, 0.15) is 6.54 Å². The molecule has 0 spiro atoms. The molecule has 37 heavy (non-hydrogen) atoms. The van der Waals surface area contributed by atoms with Crippen LogP contribution >= 0.6 is 23.4 Å². The molecule has 196 valence electrons. The van der Waals surface area contributed by atoms with Crippen molar-refractivity contribution < 1.29 is 33.4 Å². The molecule has 1 heterocycles. The van der Waals surface area contributed by atoms with E-state index in [2.05, 4.69) is 5.32 Å². The lowest BCUT2D eigenvalue weighted by atomic mass is 10.2. The molecule has 0 saturated carbocycles. The Morgan fingerprint density at radius 3 is 2.57 bits per heavy atom. The average Bonchev–Trinajstić information content (AvgIpc) is 3.11. The van der Waals surface area contributed by atoms with Crippen molar-refractivity contribution in [2.45, 2.75) is 33.3 Å².